The van der Waals surface area contributed by atoms with E-state index in [1.165, 1.54) is 12.1 Å². The average Bonchev–Trinajstić information content (AvgIpc) is 2.90. The molecule has 3 aromatic rings. The molecule has 0 amide bonds. The number of rotatable bonds is 5. The van der Waals surface area contributed by atoms with Gasteiger partial charge in [0.1, 0.15) is 5.82 Å². The summed E-state index contributed by atoms with van der Waals surface area (Å²) in [6.07, 6.45) is 0. The smallest absolute Gasteiger partial charge is 0.262 e. The fraction of sp³-hybridized carbons (Fsp3) is 0.318. The first kappa shape index (κ1) is 22.3. The minimum absolute atomic E-state index is 0.0987. The molecule has 0 saturated heterocycles. The molecule has 160 valence electrons. The second-order valence-electron chi connectivity index (χ2n) is 7.60. The summed E-state index contributed by atoms with van der Waals surface area (Å²) in [7, 11) is -3.84. The van der Waals surface area contributed by atoms with E-state index in [9.17, 15) is 12.8 Å². The quantitative estimate of drug-likeness (QED) is 0.569. The van der Waals surface area contributed by atoms with Crippen molar-refractivity contribution in [3.8, 4) is 0 Å². The van der Waals surface area contributed by atoms with Gasteiger partial charge in [-0.2, -0.15) is 5.10 Å². The van der Waals surface area contributed by atoms with Crippen LogP contribution >= 0.6 is 11.6 Å². The Morgan fingerprint density at radius 2 is 1.67 bits per heavy atom. The molecular formula is C22H25ClFN3O2S. The van der Waals surface area contributed by atoms with Crippen molar-refractivity contribution < 1.29 is 12.8 Å². The SMILES string of the molecule is Cc1cc(C)c(C)c(S(=O)(=O)Nc2c(C)nn(Cc3c(F)cccc3Cl)c2C)c1C. The van der Waals surface area contributed by atoms with E-state index < -0.39 is 15.8 Å². The standard InChI is InChI=1S/C22H25ClFN3O2S/c1-12-10-13(2)15(4)22(14(12)3)30(28,29)26-21-16(5)25-27(17(21)6)11-18-19(23)8-7-9-20(18)24/h7-10,26H,11H2,1-6H3. The molecule has 5 nitrogen and oxygen atoms in total. The van der Waals surface area contributed by atoms with Crippen molar-refractivity contribution in [1.29, 1.82) is 0 Å². The number of hydrogen-bond donors (Lipinski definition) is 1. The van der Waals surface area contributed by atoms with Crippen LogP contribution in [0.2, 0.25) is 5.02 Å². The van der Waals surface area contributed by atoms with Crippen molar-refractivity contribution in [2.24, 2.45) is 0 Å². The van der Waals surface area contributed by atoms with Crippen LogP contribution in [0.1, 0.15) is 39.2 Å². The number of benzene rings is 2. The number of halogens is 2. The van der Waals surface area contributed by atoms with E-state index in [2.05, 4.69) is 9.82 Å². The van der Waals surface area contributed by atoms with Crippen molar-refractivity contribution in [1.82, 2.24) is 9.78 Å². The Labute approximate surface area is 181 Å². The van der Waals surface area contributed by atoms with Crippen LogP contribution in [0.5, 0.6) is 0 Å². The molecule has 0 spiro atoms. The molecule has 0 atom stereocenters. The lowest BCUT2D eigenvalue weighted by Gasteiger charge is -2.17. The number of aromatic nitrogens is 2. The minimum Gasteiger partial charge on any atom is -0.276 e. The first-order chi connectivity index (χ1) is 13.9. The molecule has 0 radical (unpaired) electrons. The third-order valence-electron chi connectivity index (χ3n) is 5.55. The lowest BCUT2D eigenvalue weighted by Crippen LogP contribution is -2.18. The van der Waals surface area contributed by atoms with Crippen molar-refractivity contribution >= 4 is 27.3 Å². The molecule has 1 heterocycles. The highest BCUT2D eigenvalue weighted by atomic mass is 35.5. The normalized spacial score (nSPS) is 11.7. The largest absolute Gasteiger partial charge is 0.276 e. The maximum atomic E-state index is 14.2. The fourth-order valence-corrected chi connectivity index (χ4v) is 5.62. The summed E-state index contributed by atoms with van der Waals surface area (Å²) in [4.78, 5) is 0.281. The number of nitrogens with one attached hydrogen (secondary N) is 1. The van der Waals surface area contributed by atoms with Crippen molar-refractivity contribution in [3.05, 3.63) is 74.3 Å². The molecule has 0 saturated carbocycles. The molecule has 0 fully saturated rings. The maximum absolute atomic E-state index is 14.2. The molecule has 0 bridgehead atoms. The lowest BCUT2D eigenvalue weighted by molar-refractivity contribution is 0.579. The Morgan fingerprint density at radius 3 is 2.23 bits per heavy atom. The molecule has 30 heavy (non-hydrogen) atoms. The van der Waals surface area contributed by atoms with Crippen LogP contribution in [0, 0.1) is 47.4 Å². The third-order valence-corrected chi connectivity index (χ3v) is 7.53. The Kier molecular flexibility index (Phi) is 5.98. The summed E-state index contributed by atoms with van der Waals surface area (Å²) in [5, 5.41) is 4.71. The van der Waals surface area contributed by atoms with Gasteiger partial charge < -0.3 is 0 Å². The Hall–Kier alpha value is -2.38. The van der Waals surface area contributed by atoms with Crippen LogP contribution in [0.4, 0.5) is 10.1 Å². The molecule has 0 aliphatic heterocycles. The summed E-state index contributed by atoms with van der Waals surface area (Å²) in [6.45, 7) is 11.0. The highest BCUT2D eigenvalue weighted by Crippen LogP contribution is 2.30. The van der Waals surface area contributed by atoms with E-state index >= 15 is 0 Å². The topological polar surface area (TPSA) is 64.0 Å². The number of sulfonamides is 1. The van der Waals surface area contributed by atoms with Crippen LogP contribution in [0.15, 0.2) is 29.2 Å². The average molecular weight is 450 g/mol. The lowest BCUT2D eigenvalue weighted by atomic mass is 10.0. The third kappa shape index (κ3) is 3.96. The molecule has 8 heteroatoms. The Bertz CT molecular complexity index is 1200. The van der Waals surface area contributed by atoms with Gasteiger partial charge in [-0.3, -0.25) is 9.40 Å². The van der Waals surface area contributed by atoms with Crippen molar-refractivity contribution in [3.63, 3.8) is 0 Å². The van der Waals surface area contributed by atoms with Crippen LogP contribution in [-0.4, -0.2) is 18.2 Å². The summed E-state index contributed by atoms with van der Waals surface area (Å²) in [5.41, 5.74) is 5.03. The van der Waals surface area contributed by atoms with Gasteiger partial charge >= 0.3 is 0 Å². The van der Waals surface area contributed by atoms with E-state index in [0.717, 1.165) is 11.1 Å². The van der Waals surface area contributed by atoms with Crippen LogP contribution < -0.4 is 4.72 Å². The zero-order valence-corrected chi connectivity index (χ0v) is 19.5. The Balaban J connectivity index is 2.03. The Morgan fingerprint density at radius 1 is 1.07 bits per heavy atom. The zero-order chi connectivity index (χ0) is 22.4. The number of aryl methyl sites for hydroxylation is 3. The highest BCUT2D eigenvalue weighted by molar-refractivity contribution is 7.92. The molecule has 1 N–H and O–H groups in total. The summed E-state index contributed by atoms with van der Waals surface area (Å²) in [6, 6.07) is 6.47. The van der Waals surface area contributed by atoms with E-state index in [-0.39, 0.29) is 11.4 Å². The van der Waals surface area contributed by atoms with E-state index in [1.54, 1.807) is 38.4 Å². The van der Waals surface area contributed by atoms with Gasteiger partial charge in [0, 0.05) is 10.6 Å². The second-order valence-corrected chi connectivity index (χ2v) is 9.63. The van der Waals surface area contributed by atoms with Gasteiger partial charge in [-0.05, 0) is 75.9 Å². The number of hydrogen-bond acceptors (Lipinski definition) is 3. The monoisotopic (exact) mass is 449 g/mol. The van der Waals surface area contributed by atoms with Crippen molar-refractivity contribution in [2.75, 3.05) is 4.72 Å². The van der Waals surface area contributed by atoms with Gasteiger partial charge in [-0.1, -0.05) is 23.7 Å². The minimum atomic E-state index is -3.84. The molecule has 0 aliphatic carbocycles. The molecule has 0 aliphatic rings. The van der Waals surface area contributed by atoms with Crippen molar-refractivity contribution in [2.45, 2.75) is 53.0 Å². The second kappa shape index (κ2) is 8.04. The van der Waals surface area contributed by atoms with Crippen LogP contribution in [0.3, 0.4) is 0 Å². The van der Waals surface area contributed by atoms with Gasteiger partial charge in [0.05, 0.1) is 28.5 Å². The van der Waals surface area contributed by atoms with E-state index in [0.29, 0.717) is 38.8 Å². The summed E-state index contributed by atoms with van der Waals surface area (Å²) < 4.78 is 45.1. The van der Waals surface area contributed by atoms with E-state index in [4.69, 9.17) is 11.6 Å². The maximum Gasteiger partial charge on any atom is 0.262 e. The number of nitrogens with zero attached hydrogens (tertiary/aromatic N) is 2. The highest BCUT2D eigenvalue weighted by Gasteiger charge is 2.25. The molecule has 0 unspecified atom stereocenters. The summed E-state index contributed by atoms with van der Waals surface area (Å²) in [5.74, 6) is -0.432. The first-order valence-electron chi connectivity index (χ1n) is 9.51. The van der Waals surface area contributed by atoms with E-state index in [1.807, 2.05) is 19.9 Å². The van der Waals surface area contributed by atoms with Crippen LogP contribution in [0.25, 0.3) is 0 Å². The van der Waals surface area contributed by atoms with Gasteiger partial charge in [0.15, 0.2) is 0 Å². The first-order valence-corrected chi connectivity index (χ1v) is 11.4. The van der Waals surface area contributed by atoms with Crippen LogP contribution in [-0.2, 0) is 16.6 Å². The molecule has 2 aromatic carbocycles. The van der Waals surface area contributed by atoms with Gasteiger partial charge in [-0.25, -0.2) is 12.8 Å². The van der Waals surface area contributed by atoms with Gasteiger partial charge in [-0.15, -0.1) is 0 Å². The predicted octanol–water partition coefficient (Wildman–Crippen LogP) is 5.38. The van der Waals surface area contributed by atoms with Gasteiger partial charge in [0.2, 0.25) is 0 Å². The molecular weight excluding hydrogens is 425 g/mol. The molecule has 1 aromatic heterocycles. The number of anilines is 1. The molecule has 3 rings (SSSR count). The summed E-state index contributed by atoms with van der Waals surface area (Å²) >= 11 is 6.14. The van der Waals surface area contributed by atoms with Gasteiger partial charge in [0.25, 0.3) is 10.0 Å². The predicted molar refractivity (Wildman–Crippen MR) is 118 cm³/mol. The fourth-order valence-electron chi connectivity index (χ4n) is 3.60. The zero-order valence-electron chi connectivity index (χ0n) is 17.9.